The summed E-state index contributed by atoms with van der Waals surface area (Å²) in [7, 11) is 15.0. The monoisotopic (exact) mass is 921 g/mol. The Kier molecular flexibility index (Phi) is 13.5. The Hall–Kier alpha value is -6.11. The summed E-state index contributed by atoms with van der Waals surface area (Å²) in [6, 6.07) is 25.9. The van der Waals surface area contributed by atoms with E-state index in [4.69, 9.17) is 22.3 Å². The molecule has 0 saturated heterocycles. The molecule has 352 valence electrons. The van der Waals surface area contributed by atoms with Gasteiger partial charge in [0.2, 0.25) is 0 Å². The molecule has 2 atom stereocenters. The van der Waals surface area contributed by atoms with E-state index < -0.39 is 0 Å². The molecule has 6 aromatic carbocycles. The first-order valence-electron chi connectivity index (χ1n) is 26.7. The van der Waals surface area contributed by atoms with Crippen molar-refractivity contribution in [3.8, 4) is 44.5 Å². The molecule has 0 amide bonds. The third kappa shape index (κ3) is 8.38. The quantitative estimate of drug-likeness (QED) is 0.107. The van der Waals surface area contributed by atoms with Crippen molar-refractivity contribution in [3.63, 3.8) is 0 Å². The number of rotatable bonds is 12. The molecule has 0 N–H and O–H groups in total. The van der Waals surface area contributed by atoms with Crippen molar-refractivity contribution in [1.29, 1.82) is 0 Å². The second kappa shape index (κ2) is 19.8. The zero-order valence-corrected chi connectivity index (χ0v) is 44.1. The zero-order chi connectivity index (χ0) is 49.8. The van der Waals surface area contributed by atoms with Crippen LogP contribution in [0.25, 0.3) is 78.0 Å². The van der Waals surface area contributed by atoms with Gasteiger partial charge in [-0.1, -0.05) is 170 Å². The first-order valence-corrected chi connectivity index (χ1v) is 26.7. The maximum absolute atomic E-state index is 7.60. The Balaban J connectivity index is 1.25. The van der Waals surface area contributed by atoms with E-state index in [0.29, 0.717) is 11.4 Å². The standard InChI is InChI=1S/C69H70B2/c1-11-22-47-31-32-51-39-52-38-50(33-34-56(52)64(51)63(47)54-28-19-17-24-42(54)6)55-35-36-59(58-30-21-20-29-57(55)58)67-61-44(8)45(9)69(71)60(43(7)37-49-27-18-16-23-41(49)5)68(61)65(48-25-14-13-15-26-48)66(62(67)46(10)70)53(12-2)40(3)4/h13-14,16-20,23-25,28-29,31-36,38,43,49H,10-12,15,21-22,26-27,30,37,39H2,1-9H3. The predicted octanol–water partition coefficient (Wildman–Crippen LogP) is 18.1. The maximum atomic E-state index is 7.60. The van der Waals surface area contributed by atoms with Gasteiger partial charge in [0.15, 0.2) is 0 Å². The predicted molar refractivity (Wildman–Crippen MR) is 313 cm³/mol. The summed E-state index contributed by atoms with van der Waals surface area (Å²) in [5.74, 6) is 0.668. The van der Waals surface area contributed by atoms with E-state index in [-0.39, 0.29) is 5.92 Å². The molecular formula is C69H70B2. The summed E-state index contributed by atoms with van der Waals surface area (Å²) < 4.78 is 0. The highest BCUT2D eigenvalue weighted by Crippen LogP contribution is 2.53. The molecule has 4 aliphatic carbocycles. The fraction of sp³-hybridized carbons (Fsp3) is 0.304. The fourth-order valence-electron chi connectivity index (χ4n) is 13.2. The van der Waals surface area contributed by atoms with Crippen LogP contribution in [0.1, 0.15) is 159 Å². The van der Waals surface area contributed by atoms with E-state index in [9.17, 15) is 0 Å². The van der Waals surface area contributed by atoms with Crippen LogP contribution in [-0.4, -0.2) is 15.7 Å². The van der Waals surface area contributed by atoms with Crippen LogP contribution in [-0.2, 0) is 19.3 Å². The summed E-state index contributed by atoms with van der Waals surface area (Å²) in [6.45, 7) is 25.4. The van der Waals surface area contributed by atoms with Crippen molar-refractivity contribution in [2.75, 3.05) is 0 Å². The Bertz CT molecular complexity index is 3380. The van der Waals surface area contributed by atoms with Crippen molar-refractivity contribution in [1.82, 2.24) is 0 Å². The van der Waals surface area contributed by atoms with Gasteiger partial charge in [0.1, 0.15) is 15.7 Å². The molecule has 0 saturated carbocycles. The summed E-state index contributed by atoms with van der Waals surface area (Å²) in [6.07, 6.45) is 28.5. The molecule has 71 heavy (non-hydrogen) atoms. The van der Waals surface area contributed by atoms with Crippen LogP contribution in [0.4, 0.5) is 0 Å². The zero-order valence-electron chi connectivity index (χ0n) is 44.1. The highest BCUT2D eigenvalue weighted by molar-refractivity contribution is 6.44. The minimum absolute atomic E-state index is 0.204. The number of hydrogen-bond acceptors (Lipinski definition) is 0. The SMILES string of the molecule is [B]C(=C)c1c(C(CC)=C(C)C)c(C2=CC=CCC2)c2c(C(C)CC3CC=CC=C3C)c([B])c(C)c(C)c2c1-c1ccc(-c2ccc3c(c2)Cc2ccc(CCC)c(-c4ccccc4C)c2-3)c2c1CCC=C2. The first kappa shape index (κ1) is 48.5. The van der Waals surface area contributed by atoms with Crippen LogP contribution < -0.4 is 5.46 Å². The van der Waals surface area contributed by atoms with Gasteiger partial charge in [-0.3, -0.25) is 0 Å². The third-order valence-corrected chi connectivity index (χ3v) is 16.9. The lowest BCUT2D eigenvalue weighted by molar-refractivity contribution is 0.510. The Morgan fingerprint density at radius 3 is 2.21 bits per heavy atom. The lowest BCUT2D eigenvalue weighted by Crippen LogP contribution is -2.22. The van der Waals surface area contributed by atoms with Gasteiger partial charge in [-0.2, -0.15) is 0 Å². The Labute approximate surface area is 429 Å². The lowest BCUT2D eigenvalue weighted by atomic mass is 9.66. The van der Waals surface area contributed by atoms with Crippen molar-refractivity contribution in [2.45, 2.75) is 132 Å². The highest BCUT2D eigenvalue weighted by Gasteiger charge is 2.33. The molecule has 2 unspecified atom stereocenters. The van der Waals surface area contributed by atoms with Crippen LogP contribution in [0.2, 0.25) is 0 Å². The normalized spacial score (nSPS) is 16.1. The summed E-state index contributed by atoms with van der Waals surface area (Å²) >= 11 is 0. The van der Waals surface area contributed by atoms with Gasteiger partial charge in [0.25, 0.3) is 0 Å². The molecule has 0 aliphatic heterocycles. The van der Waals surface area contributed by atoms with E-state index in [1.54, 1.807) is 0 Å². The van der Waals surface area contributed by atoms with Crippen LogP contribution in [0.5, 0.6) is 0 Å². The van der Waals surface area contributed by atoms with E-state index in [1.807, 2.05) is 0 Å². The molecular weight excluding hydrogens is 850 g/mol. The van der Waals surface area contributed by atoms with Gasteiger partial charge >= 0.3 is 0 Å². The number of allylic oxidation sites excluding steroid dienone is 11. The van der Waals surface area contributed by atoms with Crippen molar-refractivity contribution >= 4 is 54.6 Å². The first-order chi connectivity index (χ1) is 34.3. The molecule has 6 aromatic rings. The second-order valence-corrected chi connectivity index (χ2v) is 21.5. The largest absolute Gasteiger partial charge is 0.114 e. The maximum Gasteiger partial charge on any atom is 0.114 e. The summed E-state index contributed by atoms with van der Waals surface area (Å²) in [4.78, 5) is 0. The molecule has 0 heterocycles. The smallest absolute Gasteiger partial charge is 0.106 e. The molecule has 0 bridgehead atoms. The van der Waals surface area contributed by atoms with Gasteiger partial charge in [0, 0.05) is 0 Å². The van der Waals surface area contributed by atoms with Crippen molar-refractivity contribution in [3.05, 3.63) is 194 Å². The number of aryl methyl sites for hydroxylation is 3. The molecule has 0 aromatic heterocycles. The van der Waals surface area contributed by atoms with Crippen molar-refractivity contribution in [2.24, 2.45) is 5.92 Å². The van der Waals surface area contributed by atoms with Gasteiger partial charge in [0.05, 0.1) is 0 Å². The topological polar surface area (TPSA) is 0 Å². The number of benzene rings is 6. The molecule has 4 radical (unpaired) electrons. The van der Waals surface area contributed by atoms with Crippen LogP contribution in [0, 0.1) is 26.7 Å². The number of hydrogen-bond donors (Lipinski definition) is 0. The van der Waals surface area contributed by atoms with Crippen molar-refractivity contribution < 1.29 is 0 Å². The second-order valence-electron chi connectivity index (χ2n) is 21.5. The molecule has 0 fully saturated rings. The molecule has 4 aliphatic rings. The highest BCUT2D eigenvalue weighted by atomic mass is 14.4. The van der Waals surface area contributed by atoms with E-state index in [1.165, 1.54) is 133 Å². The van der Waals surface area contributed by atoms with E-state index in [0.717, 1.165) is 80.8 Å². The average molecular weight is 921 g/mol. The van der Waals surface area contributed by atoms with Crippen LogP contribution in [0.15, 0.2) is 127 Å². The van der Waals surface area contributed by atoms with E-state index >= 15 is 0 Å². The molecule has 10 rings (SSSR count). The Morgan fingerprint density at radius 2 is 1.49 bits per heavy atom. The van der Waals surface area contributed by atoms with Crippen LogP contribution in [0.3, 0.4) is 0 Å². The van der Waals surface area contributed by atoms with Gasteiger partial charge < -0.3 is 0 Å². The molecule has 0 nitrogen and oxygen atoms in total. The van der Waals surface area contributed by atoms with Crippen LogP contribution >= 0.6 is 0 Å². The van der Waals surface area contributed by atoms with Gasteiger partial charge in [-0.15, -0.1) is 6.58 Å². The lowest BCUT2D eigenvalue weighted by Gasteiger charge is -2.34. The minimum Gasteiger partial charge on any atom is -0.106 e. The molecule has 0 spiro atoms. The summed E-state index contributed by atoms with van der Waals surface area (Å²) in [5, 5.41) is 2.59. The average Bonchev–Trinajstić information content (AvgIpc) is 3.74. The van der Waals surface area contributed by atoms with E-state index in [2.05, 4.69) is 178 Å². The molecule has 2 heteroatoms. The number of fused-ring (bicyclic) bond motifs is 5. The van der Waals surface area contributed by atoms with Gasteiger partial charge in [-0.25, -0.2) is 0 Å². The fourth-order valence-corrected chi connectivity index (χ4v) is 13.2. The third-order valence-electron chi connectivity index (χ3n) is 16.9. The van der Waals surface area contributed by atoms with Gasteiger partial charge in [-0.05, 0) is 239 Å². The Morgan fingerprint density at radius 1 is 0.732 bits per heavy atom. The minimum atomic E-state index is 0.204. The summed E-state index contributed by atoms with van der Waals surface area (Å²) in [5.41, 5.74) is 33.2.